The van der Waals surface area contributed by atoms with E-state index in [-0.39, 0.29) is 17.9 Å². The van der Waals surface area contributed by atoms with E-state index in [1.807, 2.05) is 18.7 Å². The van der Waals surface area contributed by atoms with Crippen LogP contribution in [0.2, 0.25) is 0 Å². The lowest BCUT2D eigenvalue weighted by Gasteiger charge is -2.60. The van der Waals surface area contributed by atoms with E-state index in [4.69, 9.17) is 0 Å². The number of hydrogen-bond acceptors (Lipinski definition) is 3. The molecule has 2 aliphatic heterocycles. The predicted molar refractivity (Wildman–Crippen MR) is 77.4 cm³/mol. The molecule has 114 valence electrons. The Morgan fingerprint density at radius 1 is 1.20 bits per heavy atom. The van der Waals surface area contributed by atoms with Crippen molar-refractivity contribution in [2.45, 2.75) is 19.9 Å². The molecule has 1 unspecified atom stereocenters. The molecule has 1 spiro atoms. The van der Waals surface area contributed by atoms with Crippen LogP contribution >= 0.6 is 0 Å². The number of nitrogens with zero attached hydrogens (tertiary/aromatic N) is 3. The summed E-state index contributed by atoms with van der Waals surface area (Å²) < 4.78 is 0. The number of amides is 3. The SMILES string of the molecule is CNC(=O)C(C(C)C)N(C)C(=O)N1CC2(CN(C)C2)C1. The van der Waals surface area contributed by atoms with Crippen LogP contribution in [0.15, 0.2) is 0 Å². The normalized spacial score (nSPS) is 22.2. The molecule has 2 heterocycles. The van der Waals surface area contributed by atoms with Gasteiger partial charge in [-0.1, -0.05) is 13.8 Å². The van der Waals surface area contributed by atoms with Gasteiger partial charge in [0.05, 0.1) is 0 Å². The van der Waals surface area contributed by atoms with Crippen LogP contribution in [0.25, 0.3) is 0 Å². The first-order valence-corrected chi connectivity index (χ1v) is 7.21. The molecule has 0 saturated carbocycles. The average Bonchev–Trinajstić information content (AvgIpc) is 2.30. The van der Waals surface area contributed by atoms with E-state index in [9.17, 15) is 9.59 Å². The van der Waals surface area contributed by atoms with Crippen molar-refractivity contribution in [3.63, 3.8) is 0 Å². The minimum Gasteiger partial charge on any atom is -0.357 e. The summed E-state index contributed by atoms with van der Waals surface area (Å²) in [6, 6.07) is -0.444. The zero-order valence-corrected chi connectivity index (χ0v) is 13.1. The molecule has 2 saturated heterocycles. The fraction of sp³-hybridized carbons (Fsp3) is 0.857. The molecule has 2 rings (SSSR count). The highest BCUT2D eigenvalue weighted by molar-refractivity contribution is 5.87. The fourth-order valence-corrected chi connectivity index (χ4v) is 3.61. The quantitative estimate of drug-likeness (QED) is 0.796. The van der Waals surface area contributed by atoms with Gasteiger partial charge in [-0.2, -0.15) is 0 Å². The molecule has 6 heteroatoms. The molecular weight excluding hydrogens is 256 g/mol. The molecule has 0 radical (unpaired) electrons. The van der Waals surface area contributed by atoms with Crippen molar-refractivity contribution in [1.29, 1.82) is 0 Å². The monoisotopic (exact) mass is 282 g/mol. The smallest absolute Gasteiger partial charge is 0.320 e. The lowest BCUT2D eigenvalue weighted by atomic mass is 9.73. The van der Waals surface area contributed by atoms with Gasteiger partial charge in [0.1, 0.15) is 6.04 Å². The van der Waals surface area contributed by atoms with Crippen molar-refractivity contribution in [2.75, 3.05) is 47.3 Å². The molecular formula is C14H26N4O2. The second-order valence-corrected chi connectivity index (χ2v) is 6.72. The Hall–Kier alpha value is -1.30. The number of carbonyl (C=O) groups is 2. The summed E-state index contributed by atoms with van der Waals surface area (Å²) in [6.45, 7) is 7.70. The minimum atomic E-state index is -0.409. The van der Waals surface area contributed by atoms with Crippen LogP contribution in [0, 0.1) is 11.3 Å². The van der Waals surface area contributed by atoms with Crippen molar-refractivity contribution < 1.29 is 9.59 Å². The van der Waals surface area contributed by atoms with E-state index in [2.05, 4.69) is 17.3 Å². The first-order valence-electron chi connectivity index (χ1n) is 7.21. The van der Waals surface area contributed by atoms with Crippen LogP contribution in [0.3, 0.4) is 0 Å². The largest absolute Gasteiger partial charge is 0.357 e. The molecule has 3 amide bonds. The molecule has 0 aromatic rings. The summed E-state index contributed by atoms with van der Waals surface area (Å²) in [5.41, 5.74) is 0.325. The molecule has 6 nitrogen and oxygen atoms in total. The highest BCUT2D eigenvalue weighted by Gasteiger charge is 2.52. The fourth-order valence-electron chi connectivity index (χ4n) is 3.61. The van der Waals surface area contributed by atoms with Crippen molar-refractivity contribution in [3.8, 4) is 0 Å². The third-order valence-electron chi connectivity index (χ3n) is 4.40. The minimum absolute atomic E-state index is 0.0347. The van der Waals surface area contributed by atoms with Crippen LogP contribution in [-0.4, -0.2) is 80.0 Å². The van der Waals surface area contributed by atoms with E-state index in [1.54, 1.807) is 19.0 Å². The Labute approximate surface area is 121 Å². The second kappa shape index (κ2) is 5.24. The van der Waals surface area contributed by atoms with Gasteiger partial charge in [-0.3, -0.25) is 4.79 Å². The van der Waals surface area contributed by atoms with Gasteiger partial charge >= 0.3 is 6.03 Å². The van der Waals surface area contributed by atoms with Crippen molar-refractivity contribution in [1.82, 2.24) is 20.0 Å². The van der Waals surface area contributed by atoms with Crippen LogP contribution in [0.5, 0.6) is 0 Å². The molecule has 0 aromatic carbocycles. The van der Waals surface area contributed by atoms with E-state index >= 15 is 0 Å². The maximum Gasteiger partial charge on any atom is 0.320 e. The molecule has 2 fully saturated rings. The number of carbonyl (C=O) groups excluding carboxylic acids is 2. The lowest BCUT2D eigenvalue weighted by Crippen LogP contribution is -2.73. The number of urea groups is 1. The third kappa shape index (κ3) is 2.49. The van der Waals surface area contributed by atoms with E-state index in [0.29, 0.717) is 5.41 Å². The third-order valence-corrected chi connectivity index (χ3v) is 4.40. The van der Waals surface area contributed by atoms with Crippen molar-refractivity contribution in [3.05, 3.63) is 0 Å². The van der Waals surface area contributed by atoms with E-state index < -0.39 is 6.04 Å². The van der Waals surface area contributed by atoms with Gasteiger partial charge in [-0.05, 0) is 13.0 Å². The maximum absolute atomic E-state index is 12.5. The summed E-state index contributed by atoms with van der Waals surface area (Å²) >= 11 is 0. The molecule has 0 aromatic heterocycles. The number of nitrogens with one attached hydrogen (secondary N) is 1. The number of likely N-dealkylation sites (tertiary alicyclic amines) is 2. The van der Waals surface area contributed by atoms with Crippen molar-refractivity contribution >= 4 is 11.9 Å². The van der Waals surface area contributed by atoms with Crippen LogP contribution in [0.1, 0.15) is 13.8 Å². The predicted octanol–water partition coefficient (Wildman–Crippen LogP) is 0.0562. The van der Waals surface area contributed by atoms with Gasteiger partial charge in [0.25, 0.3) is 0 Å². The van der Waals surface area contributed by atoms with Gasteiger partial charge < -0.3 is 20.0 Å². The Morgan fingerprint density at radius 2 is 1.75 bits per heavy atom. The first-order chi connectivity index (χ1) is 9.29. The van der Waals surface area contributed by atoms with E-state index in [0.717, 1.165) is 26.2 Å². The van der Waals surface area contributed by atoms with Gasteiger partial charge in [0, 0.05) is 45.7 Å². The van der Waals surface area contributed by atoms with Gasteiger partial charge in [-0.25, -0.2) is 4.79 Å². The van der Waals surface area contributed by atoms with Crippen LogP contribution in [0.4, 0.5) is 4.79 Å². The van der Waals surface area contributed by atoms with Gasteiger partial charge in [0.15, 0.2) is 0 Å². The molecule has 0 aliphatic carbocycles. The summed E-state index contributed by atoms with van der Waals surface area (Å²) in [5, 5.41) is 2.64. The standard InChI is InChI=1S/C14H26N4O2/c1-10(2)11(12(19)15-3)17(5)13(20)18-8-14(9-18)6-16(4)7-14/h10-11H,6-9H2,1-5H3,(H,15,19). The first kappa shape index (κ1) is 15.1. The second-order valence-electron chi connectivity index (χ2n) is 6.72. The Kier molecular flexibility index (Phi) is 3.95. The molecule has 2 aliphatic rings. The Morgan fingerprint density at radius 3 is 2.15 bits per heavy atom. The average molecular weight is 282 g/mol. The van der Waals surface area contributed by atoms with Gasteiger partial charge in [0.2, 0.25) is 5.91 Å². The van der Waals surface area contributed by atoms with Crippen molar-refractivity contribution in [2.24, 2.45) is 11.3 Å². The highest BCUT2D eigenvalue weighted by Crippen LogP contribution is 2.39. The summed E-state index contributed by atoms with van der Waals surface area (Å²) in [7, 11) is 5.43. The number of hydrogen-bond donors (Lipinski definition) is 1. The molecule has 0 bridgehead atoms. The Bertz CT molecular complexity index is 396. The number of likely N-dealkylation sites (N-methyl/N-ethyl adjacent to an activating group) is 2. The zero-order valence-electron chi connectivity index (χ0n) is 13.1. The summed E-state index contributed by atoms with van der Waals surface area (Å²) in [6.07, 6.45) is 0. The maximum atomic E-state index is 12.5. The van der Waals surface area contributed by atoms with Gasteiger partial charge in [-0.15, -0.1) is 0 Å². The highest BCUT2D eigenvalue weighted by atomic mass is 16.2. The number of rotatable bonds is 3. The zero-order chi connectivity index (χ0) is 15.1. The topological polar surface area (TPSA) is 55.9 Å². The molecule has 1 N–H and O–H groups in total. The Balaban J connectivity index is 1.93. The van der Waals surface area contributed by atoms with Crippen LogP contribution in [-0.2, 0) is 4.79 Å². The molecule has 20 heavy (non-hydrogen) atoms. The summed E-state index contributed by atoms with van der Waals surface area (Å²) in [5.74, 6) is -0.0107. The van der Waals surface area contributed by atoms with E-state index in [1.165, 1.54) is 0 Å². The van der Waals surface area contributed by atoms with Crippen LogP contribution < -0.4 is 5.32 Å². The summed E-state index contributed by atoms with van der Waals surface area (Å²) in [4.78, 5) is 30.1. The lowest BCUT2D eigenvalue weighted by molar-refractivity contribution is -0.127. The molecule has 1 atom stereocenters.